The van der Waals surface area contributed by atoms with E-state index in [1.165, 1.54) is 38.5 Å². The largest absolute Gasteiger partial charge is 0.328 e. The normalized spacial score (nSPS) is 10.0. The predicted molar refractivity (Wildman–Crippen MR) is 76.8 cm³/mol. The number of unbranched alkanes of at least 4 members (excludes halogenated alkanes) is 3. The quantitative estimate of drug-likeness (QED) is 0.582. The van der Waals surface area contributed by atoms with Gasteiger partial charge in [0.05, 0.1) is 5.83 Å². The average molecular weight is 245 g/mol. The SMILES string of the molecule is C=C(F)CCCC.CCCCC(N)CCCC. The molecule has 0 bridgehead atoms. The van der Waals surface area contributed by atoms with Crippen LogP contribution in [0.5, 0.6) is 0 Å². The van der Waals surface area contributed by atoms with Crippen LogP contribution in [-0.4, -0.2) is 6.04 Å². The molecule has 0 aromatic heterocycles. The zero-order valence-electron chi connectivity index (χ0n) is 12.1. The summed E-state index contributed by atoms with van der Waals surface area (Å²) in [5.41, 5.74) is 5.85. The van der Waals surface area contributed by atoms with Gasteiger partial charge in [-0.15, -0.1) is 0 Å². The number of hydrogen-bond acceptors (Lipinski definition) is 1. The molecular formula is C15H32FN. The third-order valence-corrected chi connectivity index (χ3v) is 2.66. The Labute approximate surface area is 108 Å². The molecule has 0 rings (SSSR count). The van der Waals surface area contributed by atoms with E-state index in [4.69, 9.17) is 5.73 Å². The Bertz CT molecular complexity index is 149. The van der Waals surface area contributed by atoms with E-state index in [2.05, 4.69) is 20.4 Å². The maximum absolute atomic E-state index is 11.7. The minimum atomic E-state index is -0.193. The number of halogens is 1. The molecule has 104 valence electrons. The Morgan fingerprint density at radius 3 is 1.65 bits per heavy atom. The molecule has 0 saturated carbocycles. The molecule has 0 radical (unpaired) electrons. The highest BCUT2D eigenvalue weighted by Crippen LogP contribution is 2.05. The predicted octanol–water partition coefficient (Wildman–Crippen LogP) is 5.35. The average Bonchev–Trinajstić information content (AvgIpc) is 2.31. The molecule has 0 heterocycles. The fourth-order valence-electron chi connectivity index (χ4n) is 1.45. The third-order valence-electron chi connectivity index (χ3n) is 2.66. The maximum atomic E-state index is 11.7. The lowest BCUT2D eigenvalue weighted by molar-refractivity contribution is 0.520. The van der Waals surface area contributed by atoms with Crippen molar-refractivity contribution in [3.05, 3.63) is 12.4 Å². The van der Waals surface area contributed by atoms with Crippen molar-refractivity contribution in [2.75, 3.05) is 0 Å². The van der Waals surface area contributed by atoms with Crippen LogP contribution in [0.2, 0.25) is 0 Å². The highest BCUT2D eigenvalue weighted by atomic mass is 19.1. The van der Waals surface area contributed by atoms with Crippen LogP contribution in [-0.2, 0) is 0 Å². The van der Waals surface area contributed by atoms with E-state index in [0.717, 1.165) is 12.8 Å². The molecule has 0 atom stereocenters. The van der Waals surface area contributed by atoms with E-state index in [9.17, 15) is 4.39 Å². The zero-order valence-corrected chi connectivity index (χ0v) is 12.1. The van der Waals surface area contributed by atoms with Crippen LogP contribution < -0.4 is 5.73 Å². The van der Waals surface area contributed by atoms with Gasteiger partial charge in [-0.25, -0.2) is 4.39 Å². The summed E-state index contributed by atoms with van der Waals surface area (Å²) in [4.78, 5) is 0. The molecule has 0 aliphatic heterocycles. The number of nitrogens with two attached hydrogens (primary N) is 1. The molecule has 0 spiro atoms. The van der Waals surface area contributed by atoms with Crippen molar-refractivity contribution >= 4 is 0 Å². The van der Waals surface area contributed by atoms with Gasteiger partial charge >= 0.3 is 0 Å². The van der Waals surface area contributed by atoms with E-state index in [-0.39, 0.29) is 5.83 Å². The van der Waals surface area contributed by atoms with Crippen molar-refractivity contribution < 1.29 is 4.39 Å². The Balaban J connectivity index is 0. The third kappa shape index (κ3) is 21.5. The molecule has 0 aliphatic rings. The van der Waals surface area contributed by atoms with Crippen molar-refractivity contribution in [1.29, 1.82) is 0 Å². The minimum Gasteiger partial charge on any atom is -0.328 e. The van der Waals surface area contributed by atoms with Crippen molar-refractivity contribution in [2.45, 2.75) is 84.6 Å². The van der Waals surface area contributed by atoms with Crippen LogP contribution in [0.3, 0.4) is 0 Å². The van der Waals surface area contributed by atoms with Gasteiger partial charge < -0.3 is 5.73 Å². The van der Waals surface area contributed by atoms with E-state index < -0.39 is 0 Å². The number of rotatable bonds is 9. The summed E-state index contributed by atoms with van der Waals surface area (Å²) < 4.78 is 11.7. The first-order valence-electron chi connectivity index (χ1n) is 7.17. The molecule has 2 heteroatoms. The molecule has 0 saturated heterocycles. The number of allylic oxidation sites excluding steroid dienone is 1. The molecule has 2 N–H and O–H groups in total. The fraction of sp³-hybridized carbons (Fsp3) is 0.867. The van der Waals surface area contributed by atoms with Crippen LogP contribution in [0.1, 0.15) is 78.6 Å². The summed E-state index contributed by atoms with van der Waals surface area (Å²) >= 11 is 0. The summed E-state index contributed by atoms with van der Waals surface area (Å²) in [6.45, 7) is 9.59. The fourth-order valence-corrected chi connectivity index (χ4v) is 1.45. The standard InChI is InChI=1S/C9H21N.C6H11F/c1-3-5-7-9(10)8-6-4-2;1-3-4-5-6(2)7/h9H,3-8,10H2,1-2H3;2-5H2,1H3. The first-order valence-corrected chi connectivity index (χ1v) is 7.17. The van der Waals surface area contributed by atoms with Crippen LogP contribution in [0, 0.1) is 0 Å². The number of hydrogen-bond donors (Lipinski definition) is 1. The van der Waals surface area contributed by atoms with Gasteiger partial charge in [0.25, 0.3) is 0 Å². The minimum absolute atomic E-state index is 0.193. The topological polar surface area (TPSA) is 26.0 Å². The zero-order chi connectivity index (χ0) is 13.5. The first-order chi connectivity index (χ1) is 8.08. The van der Waals surface area contributed by atoms with Gasteiger partial charge in [-0.1, -0.05) is 59.5 Å². The van der Waals surface area contributed by atoms with Crippen molar-refractivity contribution in [2.24, 2.45) is 5.73 Å². The van der Waals surface area contributed by atoms with E-state index in [1.54, 1.807) is 0 Å². The molecule has 0 aliphatic carbocycles. The molecule has 1 nitrogen and oxygen atoms in total. The van der Waals surface area contributed by atoms with Gasteiger partial charge in [-0.05, 0) is 25.7 Å². The smallest absolute Gasteiger partial charge is 0.0928 e. The lowest BCUT2D eigenvalue weighted by Crippen LogP contribution is -2.19. The molecule has 0 fully saturated rings. The van der Waals surface area contributed by atoms with Crippen LogP contribution >= 0.6 is 0 Å². The maximum Gasteiger partial charge on any atom is 0.0928 e. The first kappa shape index (κ1) is 19.0. The van der Waals surface area contributed by atoms with Crippen molar-refractivity contribution in [1.82, 2.24) is 0 Å². The molecule has 0 unspecified atom stereocenters. The van der Waals surface area contributed by atoms with Gasteiger partial charge in [-0.3, -0.25) is 0 Å². The van der Waals surface area contributed by atoms with Crippen molar-refractivity contribution in [3.8, 4) is 0 Å². The highest BCUT2D eigenvalue weighted by Gasteiger charge is 1.99. The summed E-state index contributed by atoms with van der Waals surface area (Å²) in [6.07, 6.45) is 10.1. The Hall–Kier alpha value is -0.370. The van der Waals surface area contributed by atoms with E-state index >= 15 is 0 Å². The molecular weight excluding hydrogens is 213 g/mol. The molecule has 0 aromatic carbocycles. The second kappa shape index (κ2) is 15.6. The van der Waals surface area contributed by atoms with Crippen LogP contribution in [0.25, 0.3) is 0 Å². The Morgan fingerprint density at radius 2 is 1.41 bits per heavy atom. The summed E-state index contributed by atoms with van der Waals surface area (Å²) in [6, 6.07) is 0.472. The summed E-state index contributed by atoms with van der Waals surface area (Å²) in [7, 11) is 0. The van der Waals surface area contributed by atoms with Gasteiger partial charge in [-0.2, -0.15) is 0 Å². The molecule has 0 amide bonds. The van der Waals surface area contributed by atoms with E-state index in [0.29, 0.717) is 12.5 Å². The molecule has 0 aromatic rings. The Kier molecular flexibility index (Phi) is 17.5. The molecule has 17 heavy (non-hydrogen) atoms. The van der Waals surface area contributed by atoms with Gasteiger partial charge in [0, 0.05) is 6.04 Å². The van der Waals surface area contributed by atoms with Gasteiger partial charge in [0.15, 0.2) is 0 Å². The Morgan fingerprint density at radius 1 is 1.00 bits per heavy atom. The monoisotopic (exact) mass is 245 g/mol. The van der Waals surface area contributed by atoms with Crippen molar-refractivity contribution in [3.63, 3.8) is 0 Å². The second-order valence-electron chi connectivity index (χ2n) is 4.67. The van der Waals surface area contributed by atoms with Crippen LogP contribution in [0.4, 0.5) is 4.39 Å². The van der Waals surface area contributed by atoms with Gasteiger partial charge in [0.1, 0.15) is 0 Å². The van der Waals surface area contributed by atoms with Gasteiger partial charge in [0.2, 0.25) is 0 Å². The van der Waals surface area contributed by atoms with Crippen LogP contribution in [0.15, 0.2) is 12.4 Å². The second-order valence-corrected chi connectivity index (χ2v) is 4.67. The lowest BCUT2D eigenvalue weighted by atomic mass is 10.1. The summed E-state index contributed by atoms with van der Waals surface area (Å²) in [5.74, 6) is -0.193. The van der Waals surface area contributed by atoms with E-state index in [1.807, 2.05) is 6.92 Å². The highest BCUT2D eigenvalue weighted by molar-refractivity contribution is 4.78. The summed E-state index contributed by atoms with van der Waals surface area (Å²) in [5, 5.41) is 0. The lowest BCUT2D eigenvalue weighted by Gasteiger charge is -2.08.